The van der Waals surface area contributed by atoms with Gasteiger partial charge in [-0.3, -0.25) is 9.10 Å². The zero-order valence-electron chi connectivity index (χ0n) is 17.6. The standard InChI is InChI=1S/C23H30N2O3S/c1-16(2)21-10-5-6-11-22(21)25(29(4,27)28)15-23(26)24-17(3)19-13-12-18-8-7-9-20(18)14-19/h5-6,10-14,16-17H,7-9,15H2,1-4H3,(H,24,26)/t17-/m1/s1. The summed E-state index contributed by atoms with van der Waals surface area (Å²) in [5.41, 5.74) is 5.25. The zero-order valence-corrected chi connectivity index (χ0v) is 18.4. The largest absolute Gasteiger partial charge is 0.348 e. The molecular weight excluding hydrogens is 384 g/mol. The molecule has 0 radical (unpaired) electrons. The van der Waals surface area contributed by atoms with E-state index >= 15 is 0 Å². The van der Waals surface area contributed by atoms with Crippen LogP contribution in [0.4, 0.5) is 5.69 Å². The summed E-state index contributed by atoms with van der Waals surface area (Å²) in [6.45, 7) is 5.71. The van der Waals surface area contributed by atoms with Crippen LogP contribution < -0.4 is 9.62 Å². The van der Waals surface area contributed by atoms with E-state index in [0.717, 1.165) is 30.2 Å². The van der Waals surface area contributed by atoms with Gasteiger partial charge in [0.1, 0.15) is 6.54 Å². The lowest BCUT2D eigenvalue weighted by Gasteiger charge is -2.26. The summed E-state index contributed by atoms with van der Waals surface area (Å²) in [5, 5.41) is 2.96. The first-order valence-electron chi connectivity index (χ1n) is 10.1. The molecule has 0 saturated heterocycles. The molecule has 0 aliphatic heterocycles. The van der Waals surface area contributed by atoms with Crippen molar-refractivity contribution in [2.24, 2.45) is 0 Å². The van der Waals surface area contributed by atoms with Crippen LogP contribution in [0.15, 0.2) is 42.5 Å². The molecule has 0 bridgehead atoms. The number of hydrogen-bond donors (Lipinski definition) is 1. The number of anilines is 1. The third-order valence-electron chi connectivity index (χ3n) is 5.52. The van der Waals surface area contributed by atoms with Crippen molar-refractivity contribution >= 4 is 21.6 Å². The van der Waals surface area contributed by atoms with E-state index in [1.165, 1.54) is 21.9 Å². The predicted molar refractivity (Wildman–Crippen MR) is 118 cm³/mol. The van der Waals surface area contributed by atoms with Gasteiger partial charge in [0.15, 0.2) is 0 Å². The minimum absolute atomic E-state index is 0.142. The highest BCUT2D eigenvalue weighted by Gasteiger charge is 2.25. The first kappa shape index (κ1) is 21.4. The van der Waals surface area contributed by atoms with Crippen molar-refractivity contribution in [3.63, 3.8) is 0 Å². The maximum atomic E-state index is 12.8. The molecule has 29 heavy (non-hydrogen) atoms. The molecule has 6 heteroatoms. The van der Waals surface area contributed by atoms with Gasteiger partial charge in [0.25, 0.3) is 0 Å². The van der Waals surface area contributed by atoms with E-state index in [9.17, 15) is 13.2 Å². The molecule has 0 heterocycles. The second-order valence-corrected chi connectivity index (χ2v) is 10.1. The Hall–Kier alpha value is -2.34. The lowest BCUT2D eigenvalue weighted by atomic mass is 10.0. The average molecular weight is 415 g/mol. The maximum absolute atomic E-state index is 12.8. The molecule has 156 valence electrons. The molecule has 0 spiro atoms. The maximum Gasteiger partial charge on any atom is 0.241 e. The Morgan fingerprint density at radius 3 is 2.45 bits per heavy atom. The SMILES string of the molecule is CC(C)c1ccccc1N(CC(=O)N[C@H](C)c1ccc2c(c1)CCC2)S(C)(=O)=O. The van der Waals surface area contributed by atoms with Gasteiger partial charge in [-0.1, -0.05) is 50.2 Å². The Morgan fingerprint density at radius 1 is 1.07 bits per heavy atom. The number of carbonyl (C=O) groups excluding carboxylic acids is 1. The summed E-state index contributed by atoms with van der Waals surface area (Å²) in [7, 11) is -3.61. The van der Waals surface area contributed by atoms with Gasteiger partial charge < -0.3 is 5.32 Å². The van der Waals surface area contributed by atoms with E-state index in [4.69, 9.17) is 0 Å². The number of amides is 1. The van der Waals surface area contributed by atoms with Gasteiger partial charge in [-0.15, -0.1) is 0 Å². The Kier molecular flexibility index (Phi) is 6.32. The van der Waals surface area contributed by atoms with E-state index in [2.05, 4.69) is 23.5 Å². The molecule has 1 N–H and O–H groups in total. The van der Waals surface area contributed by atoms with E-state index in [0.29, 0.717) is 5.69 Å². The van der Waals surface area contributed by atoms with E-state index < -0.39 is 10.0 Å². The molecule has 3 rings (SSSR count). The second-order valence-electron chi connectivity index (χ2n) is 8.15. The van der Waals surface area contributed by atoms with Gasteiger partial charge in [0.2, 0.25) is 15.9 Å². The van der Waals surface area contributed by atoms with Crippen LogP contribution in [0, 0.1) is 0 Å². The molecule has 2 aromatic rings. The van der Waals surface area contributed by atoms with Crippen LogP contribution in [-0.2, 0) is 27.7 Å². The second kappa shape index (κ2) is 8.57. The van der Waals surface area contributed by atoms with Crippen LogP contribution in [-0.4, -0.2) is 27.1 Å². The van der Waals surface area contributed by atoms with Gasteiger partial charge in [-0.25, -0.2) is 8.42 Å². The summed E-state index contributed by atoms with van der Waals surface area (Å²) in [5.74, 6) is -0.175. The fourth-order valence-corrected chi connectivity index (χ4v) is 4.82. The van der Waals surface area contributed by atoms with Gasteiger partial charge in [0, 0.05) is 0 Å². The first-order chi connectivity index (χ1) is 13.7. The molecule has 1 aliphatic rings. The summed E-state index contributed by atoms with van der Waals surface area (Å²) in [6.07, 6.45) is 4.52. The highest BCUT2D eigenvalue weighted by molar-refractivity contribution is 7.92. The summed E-state index contributed by atoms with van der Waals surface area (Å²) >= 11 is 0. The quantitative estimate of drug-likeness (QED) is 0.746. The molecular formula is C23H30N2O3S. The molecule has 0 aromatic heterocycles. The lowest BCUT2D eigenvalue weighted by molar-refractivity contribution is -0.120. The number of rotatable bonds is 7. The molecule has 1 atom stereocenters. The highest BCUT2D eigenvalue weighted by Crippen LogP contribution is 2.29. The molecule has 0 unspecified atom stereocenters. The minimum Gasteiger partial charge on any atom is -0.348 e. The zero-order chi connectivity index (χ0) is 21.2. The van der Waals surface area contributed by atoms with Crippen molar-refractivity contribution in [2.45, 2.75) is 52.0 Å². The fraction of sp³-hybridized carbons (Fsp3) is 0.435. The highest BCUT2D eigenvalue weighted by atomic mass is 32.2. The van der Waals surface area contributed by atoms with E-state index in [1.54, 1.807) is 12.1 Å². The predicted octanol–water partition coefficient (Wildman–Crippen LogP) is 3.94. The number of aryl methyl sites for hydroxylation is 2. The molecule has 2 aromatic carbocycles. The Morgan fingerprint density at radius 2 is 1.76 bits per heavy atom. The van der Waals surface area contributed by atoms with Crippen molar-refractivity contribution in [1.29, 1.82) is 0 Å². The topological polar surface area (TPSA) is 66.5 Å². The Bertz CT molecular complexity index is 999. The third-order valence-corrected chi connectivity index (χ3v) is 6.64. The van der Waals surface area contributed by atoms with Crippen molar-refractivity contribution < 1.29 is 13.2 Å². The van der Waals surface area contributed by atoms with Crippen molar-refractivity contribution in [1.82, 2.24) is 5.32 Å². The van der Waals surface area contributed by atoms with Crippen LogP contribution >= 0.6 is 0 Å². The molecule has 5 nitrogen and oxygen atoms in total. The smallest absolute Gasteiger partial charge is 0.241 e. The Balaban J connectivity index is 1.78. The van der Waals surface area contributed by atoms with Crippen LogP contribution in [0.1, 0.15) is 61.4 Å². The number of nitrogens with zero attached hydrogens (tertiary/aromatic N) is 1. The third kappa shape index (κ3) is 4.99. The average Bonchev–Trinajstić information content (AvgIpc) is 3.13. The number of para-hydroxylation sites is 1. The van der Waals surface area contributed by atoms with Crippen molar-refractivity contribution in [3.05, 3.63) is 64.7 Å². The van der Waals surface area contributed by atoms with Crippen molar-refractivity contribution in [3.8, 4) is 0 Å². The lowest BCUT2D eigenvalue weighted by Crippen LogP contribution is -2.41. The van der Waals surface area contributed by atoms with Crippen LogP contribution in [0.2, 0.25) is 0 Å². The molecule has 0 fully saturated rings. The number of benzene rings is 2. The molecule has 0 saturated carbocycles. The van der Waals surface area contributed by atoms with E-state index in [1.807, 2.05) is 32.9 Å². The van der Waals surface area contributed by atoms with Crippen molar-refractivity contribution in [2.75, 3.05) is 17.1 Å². The number of nitrogens with one attached hydrogen (secondary N) is 1. The Labute approximate surface area is 174 Å². The summed E-state index contributed by atoms with van der Waals surface area (Å²) in [6, 6.07) is 13.5. The molecule has 1 amide bonds. The van der Waals surface area contributed by atoms with Crippen LogP contribution in [0.25, 0.3) is 0 Å². The number of fused-ring (bicyclic) bond motifs is 1. The van der Waals surface area contributed by atoms with Crippen LogP contribution in [0.3, 0.4) is 0 Å². The van der Waals surface area contributed by atoms with Gasteiger partial charge >= 0.3 is 0 Å². The molecule has 1 aliphatic carbocycles. The fourth-order valence-electron chi connectivity index (χ4n) is 3.95. The van der Waals surface area contributed by atoms with E-state index in [-0.39, 0.29) is 24.4 Å². The number of hydrogen-bond acceptors (Lipinski definition) is 3. The summed E-state index contributed by atoms with van der Waals surface area (Å²) < 4.78 is 26.1. The monoisotopic (exact) mass is 414 g/mol. The number of carbonyl (C=O) groups is 1. The van der Waals surface area contributed by atoms with Gasteiger partial charge in [-0.05, 0) is 60.4 Å². The first-order valence-corrected chi connectivity index (χ1v) is 12.0. The van der Waals surface area contributed by atoms with Gasteiger partial charge in [0.05, 0.1) is 18.0 Å². The van der Waals surface area contributed by atoms with Crippen LogP contribution in [0.5, 0.6) is 0 Å². The minimum atomic E-state index is -3.61. The normalized spacial score (nSPS) is 14.5. The van der Waals surface area contributed by atoms with Gasteiger partial charge in [-0.2, -0.15) is 0 Å². The number of sulfonamides is 1. The summed E-state index contributed by atoms with van der Waals surface area (Å²) in [4.78, 5) is 12.8.